The molecule has 1 rings (SSSR count). The molecule has 3 heteroatoms. The minimum atomic E-state index is -0.0527. The van der Waals surface area contributed by atoms with E-state index in [1.165, 1.54) is 32.1 Å². The molecule has 1 unspecified atom stereocenters. The van der Waals surface area contributed by atoms with Crippen molar-refractivity contribution in [2.24, 2.45) is 0 Å². The van der Waals surface area contributed by atoms with Gasteiger partial charge in [0.05, 0.1) is 11.9 Å². The first kappa shape index (κ1) is 11.9. The summed E-state index contributed by atoms with van der Waals surface area (Å²) in [5.41, 5.74) is 0. The van der Waals surface area contributed by atoms with Gasteiger partial charge in [-0.3, -0.25) is 4.79 Å². The smallest absolute Gasteiger partial charge is 0.318 e. The number of carbonyl (C=O) groups is 1. The van der Waals surface area contributed by atoms with Crippen molar-refractivity contribution in [2.45, 2.75) is 56.5 Å². The van der Waals surface area contributed by atoms with Gasteiger partial charge in [-0.1, -0.05) is 19.3 Å². The summed E-state index contributed by atoms with van der Waals surface area (Å²) >= 11 is 1.79. The van der Waals surface area contributed by atoms with Gasteiger partial charge in [-0.25, -0.2) is 0 Å². The van der Waals surface area contributed by atoms with Crippen molar-refractivity contribution in [3.63, 3.8) is 0 Å². The number of hydrogen-bond donors (Lipinski definition) is 0. The van der Waals surface area contributed by atoms with Gasteiger partial charge < -0.3 is 4.74 Å². The molecule has 0 bridgehead atoms. The number of esters is 1. The molecule has 0 aromatic carbocycles. The van der Waals surface area contributed by atoms with Gasteiger partial charge >= 0.3 is 5.97 Å². The molecule has 0 aromatic rings. The van der Waals surface area contributed by atoms with E-state index < -0.39 is 0 Å². The highest BCUT2D eigenvalue weighted by molar-refractivity contribution is 8.01. The van der Waals surface area contributed by atoms with Crippen LogP contribution in [0, 0.1) is 0 Å². The average Bonchev–Trinajstić information content (AvgIpc) is 2.19. The van der Waals surface area contributed by atoms with Gasteiger partial charge in [-0.15, -0.1) is 11.8 Å². The molecule has 1 aliphatic carbocycles. The SMILES string of the molecule is CCOC(=O)C(C)SC1CCCCC1. The molecule has 1 aliphatic rings. The van der Waals surface area contributed by atoms with Crippen molar-refractivity contribution in [1.29, 1.82) is 0 Å². The zero-order valence-electron chi connectivity index (χ0n) is 9.12. The Labute approximate surface area is 90.8 Å². The summed E-state index contributed by atoms with van der Waals surface area (Å²) < 4.78 is 4.99. The van der Waals surface area contributed by atoms with Gasteiger partial charge in [0.2, 0.25) is 0 Å². The highest BCUT2D eigenvalue weighted by Crippen LogP contribution is 2.31. The Morgan fingerprint density at radius 2 is 2.07 bits per heavy atom. The Morgan fingerprint density at radius 3 is 2.64 bits per heavy atom. The van der Waals surface area contributed by atoms with Gasteiger partial charge in [-0.05, 0) is 26.7 Å². The minimum absolute atomic E-state index is 0.0121. The summed E-state index contributed by atoms with van der Waals surface area (Å²) in [6.45, 7) is 4.31. The number of thioether (sulfide) groups is 1. The lowest BCUT2D eigenvalue weighted by atomic mass is 10.0. The highest BCUT2D eigenvalue weighted by Gasteiger charge is 2.21. The van der Waals surface area contributed by atoms with E-state index in [4.69, 9.17) is 4.74 Å². The van der Waals surface area contributed by atoms with Crippen LogP contribution >= 0.6 is 11.8 Å². The van der Waals surface area contributed by atoms with Crippen LogP contribution in [0.5, 0.6) is 0 Å². The second-order valence-electron chi connectivity index (χ2n) is 3.79. The monoisotopic (exact) mass is 216 g/mol. The fourth-order valence-corrected chi connectivity index (χ4v) is 3.17. The van der Waals surface area contributed by atoms with Crippen LogP contribution < -0.4 is 0 Å². The van der Waals surface area contributed by atoms with Crippen LogP contribution in [0.4, 0.5) is 0 Å². The van der Waals surface area contributed by atoms with E-state index >= 15 is 0 Å². The Kier molecular flexibility index (Phi) is 5.38. The van der Waals surface area contributed by atoms with Crippen LogP contribution in [0.2, 0.25) is 0 Å². The Morgan fingerprint density at radius 1 is 1.43 bits per heavy atom. The van der Waals surface area contributed by atoms with E-state index in [-0.39, 0.29) is 11.2 Å². The van der Waals surface area contributed by atoms with Crippen molar-refractivity contribution in [3.05, 3.63) is 0 Å². The Balaban J connectivity index is 2.24. The van der Waals surface area contributed by atoms with Gasteiger partial charge in [0.1, 0.15) is 0 Å². The summed E-state index contributed by atoms with van der Waals surface area (Å²) in [6, 6.07) is 0. The molecule has 1 atom stereocenters. The lowest BCUT2D eigenvalue weighted by molar-refractivity contribution is -0.142. The standard InChI is InChI=1S/C11H20O2S/c1-3-13-11(12)9(2)14-10-7-5-4-6-8-10/h9-10H,3-8H2,1-2H3. The average molecular weight is 216 g/mol. The van der Waals surface area contributed by atoms with E-state index in [1.807, 2.05) is 13.8 Å². The predicted molar refractivity (Wildman–Crippen MR) is 60.6 cm³/mol. The van der Waals surface area contributed by atoms with Crippen LogP contribution in [0.25, 0.3) is 0 Å². The van der Waals surface area contributed by atoms with Crippen LogP contribution in [-0.4, -0.2) is 23.1 Å². The molecular weight excluding hydrogens is 196 g/mol. The normalized spacial score (nSPS) is 20.4. The summed E-state index contributed by atoms with van der Waals surface area (Å²) in [6.07, 6.45) is 6.56. The van der Waals surface area contributed by atoms with E-state index in [9.17, 15) is 4.79 Å². The first-order valence-electron chi connectivity index (χ1n) is 5.56. The molecule has 82 valence electrons. The third-order valence-corrected chi connectivity index (χ3v) is 4.02. The topological polar surface area (TPSA) is 26.3 Å². The lowest BCUT2D eigenvalue weighted by Gasteiger charge is -2.23. The lowest BCUT2D eigenvalue weighted by Crippen LogP contribution is -2.21. The zero-order chi connectivity index (χ0) is 10.4. The number of hydrogen-bond acceptors (Lipinski definition) is 3. The molecule has 0 N–H and O–H groups in total. The van der Waals surface area contributed by atoms with Crippen LogP contribution in [0.3, 0.4) is 0 Å². The molecular formula is C11H20O2S. The van der Waals surface area contributed by atoms with Crippen molar-refractivity contribution >= 4 is 17.7 Å². The first-order valence-corrected chi connectivity index (χ1v) is 6.50. The molecule has 1 saturated carbocycles. The van der Waals surface area contributed by atoms with E-state index in [0.29, 0.717) is 11.9 Å². The molecule has 0 spiro atoms. The van der Waals surface area contributed by atoms with E-state index in [2.05, 4.69) is 0 Å². The molecule has 2 nitrogen and oxygen atoms in total. The maximum absolute atomic E-state index is 11.4. The quantitative estimate of drug-likeness (QED) is 0.676. The minimum Gasteiger partial charge on any atom is -0.465 e. The van der Waals surface area contributed by atoms with E-state index in [1.54, 1.807) is 11.8 Å². The summed E-state index contributed by atoms with van der Waals surface area (Å²) in [5.74, 6) is -0.0527. The zero-order valence-corrected chi connectivity index (χ0v) is 9.94. The summed E-state index contributed by atoms with van der Waals surface area (Å²) in [5, 5.41) is 0.696. The van der Waals surface area contributed by atoms with E-state index in [0.717, 1.165) is 0 Å². The van der Waals surface area contributed by atoms with Crippen molar-refractivity contribution < 1.29 is 9.53 Å². The van der Waals surface area contributed by atoms with Crippen LogP contribution in [0.1, 0.15) is 46.0 Å². The molecule has 0 radical (unpaired) electrons. The Hall–Kier alpha value is -0.180. The maximum atomic E-state index is 11.4. The van der Waals surface area contributed by atoms with Crippen LogP contribution in [-0.2, 0) is 9.53 Å². The van der Waals surface area contributed by atoms with Gasteiger partial charge in [0.15, 0.2) is 0 Å². The molecule has 14 heavy (non-hydrogen) atoms. The molecule has 0 aliphatic heterocycles. The predicted octanol–water partition coefficient (Wildman–Crippen LogP) is 3.00. The third kappa shape index (κ3) is 3.91. The number of rotatable bonds is 4. The van der Waals surface area contributed by atoms with Crippen molar-refractivity contribution in [2.75, 3.05) is 6.61 Å². The fraction of sp³-hybridized carbons (Fsp3) is 0.909. The second-order valence-corrected chi connectivity index (χ2v) is 5.44. The van der Waals surface area contributed by atoms with Crippen molar-refractivity contribution in [3.8, 4) is 0 Å². The molecule has 0 saturated heterocycles. The fourth-order valence-electron chi connectivity index (χ4n) is 1.81. The van der Waals surface area contributed by atoms with Crippen molar-refractivity contribution in [1.82, 2.24) is 0 Å². The number of ether oxygens (including phenoxy) is 1. The molecule has 0 aromatic heterocycles. The molecule has 0 amide bonds. The third-order valence-electron chi connectivity index (χ3n) is 2.57. The summed E-state index contributed by atoms with van der Waals surface area (Å²) in [4.78, 5) is 11.4. The molecule has 0 heterocycles. The summed E-state index contributed by atoms with van der Waals surface area (Å²) in [7, 11) is 0. The number of carbonyl (C=O) groups excluding carboxylic acids is 1. The maximum Gasteiger partial charge on any atom is 0.318 e. The second kappa shape index (κ2) is 6.33. The largest absolute Gasteiger partial charge is 0.465 e. The highest BCUT2D eigenvalue weighted by atomic mass is 32.2. The van der Waals surface area contributed by atoms with Crippen LogP contribution in [0.15, 0.2) is 0 Å². The van der Waals surface area contributed by atoms with Gasteiger partial charge in [-0.2, -0.15) is 0 Å². The van der Waals surface area contributed by atoms with Gasteiger partial charge in [0.25, 0.3) is 0 Å². The molecule has 1 fully saturated rings. The Bertz CT molecular complexity index is 176. The first-order chi connectivity index (χ1) is 6.74. The van der Waals surface area contributed by atoms with Gasteiger partial charge in [0, 0.05) is 5.25 Å².